The van der Waals surface area contributed by atoms with E-state index >= 15 is 0 Å². The summed E-state index contributed by atoms with van der Waals surface area (Å²) in [7, 11) is 0. The Kier molecular flexibility index (Phi) is 5.76. The van der Waals surface area contributed by atoms with Gasteiger partial charge in [-0.15, -0.1) is 11.3 Å². The van der Waals surface area contributed by atoms with E-state index in [-0.39, 0.29) is 6.61 Å². The molecule has 0 aliphatic rings. The normalized spacial score (nSPS) is 11.3. The van der Waals surface area contributed by atoms with Crippen LogP contribution in [0.25, 0.3) is 10.2 Å². The first kappa shape index (κ1) is 16.0. The van der Waals surface area contributed by atoms with Gasteiger partial charge in [0.2, 0.25) is 5.95 Å². The lowest BCUT2D eigenvalue weighted by atomic mass is 10.1. The van der Waals surface area contributed by atoms with Crippen molar-refractivity contribution in [3.8, 4) is 0 Å². The van der Waals surface area contributed by atoms with Crippen molar-refractivity contribution in [1.82, 2.24) is 9.97 Å². The van der Waals surface area contributed by atoms with Crippen molar-refractivity contribution in [2.45, 2.75) is 39.7 Å². The highest BCUT2D eigenvalue weighted by Crippen LogP contribution is 2.31. The fourth-order valence-corrected chi connectivity index (χ4v) is 3.35. The van der Waals surface area contributed by atoms with Crippen LogP contribution in [0.3, 0.4) is 0 Å². The molecule has 21 heavy (non-hydrogen) atoms. The lowest BCUT2D eigenvalue weighted by molar-refractivity contribution is 0.295. The van der Waals surface area contributed by atoms with Crippen LogP contribution in [-0.2, 0) is 0 Å². The van der Waals surface area contributed by atoms with Gasteiger partial charge in [0.05, 0.1) is 12.0 Å². The van der Waals surface area contributed by atoms with Crippen LogP contribution < -0.4 is 10.2 Å². The Morgan fingerprint density at radius 1 is 1.29 bits per heavy atom. The lowest BCUT2D eigenvalue weighted by Crippen LogP contribution is -2.37. The molecule has 0 saturated heterocycles. The van der Waals surface area contributed by atoms with Crippen LogP contribution in [0.1, 0.15) is 33.6 Å². The van der Waals surface area contributed by atoms with E-state index in [9.17, 15) is 5.11 Å². The molecule has 0 spiro atoms. The molecule has 0 aromatic carbocycles. The van der Waals surface area contributed by atoms with E-state index in [2.05, 4.69) is 35.1 Å². The van der Waals surface area contributed by atoms with Crippen molar-refractivity contribution in [2.24, 2.45) is 0 Å². The summed E-state index contributed by atoms with van der Waals surface area (Å²) in [6, 6.07) is 2.45. The first-order chi connectivity index (χ1) is 10.2. The van der Waals surface area contributed by atoms with Crippen LogP contribution in [0.4, 0.5) is 11.8 Å². The minimum absolute atomic E-state index is 0.128. The van der Waals surface area contributed by atoms with Gasteiger partial charge in [-0.3, -0.25) is 0 Å². The number of aliphatic hydroxyl groups excluding tert-OH is 1. The number of rotatable bonds is 8. The number of anilines is 2. The van der Waals surface area contributed by atoms with Crippen molar-refractivity contribution in [1.29, 1.82) is 0 Å². The summed E-state index contributed by atoms with van der Waals surface area (Å²) in [5, 5.41) is 15.7. The quantitative estimate of drug-likeness (QED) is 0.784. The topological polar surface area (TPSA) is 61.3 Å². The molecule has 0 aliphatic carbocycles. The Bertz CT molecular complexity index is 568. The predicted octanol–water partition coefficient (Wildman–Crippen LogP) is 3.11. The van der Waals surface area contributed by atoms with Gasteiger partial charge in [-0.05, 0) is 31.2 Å². The van der Waals surface area contributed by atoms with Gasteiger partial charge >= 0.3 is 0 Å². The molecule has 0 atom stereocenters. The number of fused-ring (bicyclic) bond motifs is 1. The molecule has 5 nitrogen and oxygen atoms in total. The monoisotopic (exact) mass is 308 g/mol. The molecule has 0 radical (unpaired) electrons. The molecule has 0 amide bonds. The SMILES string of the molecule is CCNc1nc(N(CCO)C(CC)CC)c2ccsc2n1. The molecule has 2 aromatic heterocycles. The van der Waals surface area contributed by atoms with Crippen LogP contribution in [0.2, 0.25) is 0 Å². The Balaban J connectivity index is 2.51. The van der Waals surface area contributed by atoms with E-state index in [1.54, 1.807) is 11.3 Å². The van der Waals surface area contributed by atoms with E-state index in [0.717, 1.165) is 35.4 Å². The van der Waals surface area contributed by atoms with Crippen molar-refractivity contribution in [3.05, 3.63) is 11.4 Å². The maximum atomic E-state index is 9.44. The number of hydrogen-bond donors (Lipinski definition) is 2. The van der Waals surface area contributed by atoms with Crippen molar-refractivity contribution in [2.75, 3.05) is 29.9 Å². The number of nitrogens with one attached hydrogen (secondary N) is 1. The number of nitrogens with zero attached hydrogens (tertiary/aromatic N) is 3. The first-order valence-electron chi connectivity index (χ1n) is 7.61. The molecule has 2 N–H and O–H groups in total. The van der Waals surface area contributed by atoms with E-state index in [4.69, 9.17) is 4.98 Å². The van der Waals surface area contributed by atoms with Crippen LogP contribution in [-0.4, -0.2) is 40.8 Å². The zero-order chi connectivity index (χ0) is 15.2. The molecule has 0 fully saturated rings. The van der Waals surface area contributed by atoms with Gasteiger partial charge < -0.3 is 15.3 Å². The van der Waals surface area contributed by atoms with E-state index in [1.807, 2.05) is 12.3 Å². The smallest absolute Gasteiger partial charge is 0.226 e. The fourth-order valence-electron chi connectivity index (χ4n) is 2.59. The number of hydrogen-bond acceptors (Lipinski definition) is 6. The van der Waals surface area contributed by atoms with Gasteiger partial charge in [-0.2, -0.15) is 4.98 Å². The van der Waals surface area contributed by atoms with Crippen LogP contribution >= 0.6 is 11.3 Å². The molecule has 116 valence electrons. The molecule has 0 aliphatic heterocycles. The zero-order valence-electron chi connectivity index (χ0n) is 13.0. The van der Waals surface area contributed by atoms with Gasteiger partial charge in [-0.25, -0.2) is 4.98 Å². The Labute approximate surface area is 130 Å². The molecular weight excluding hydrogens is 284 g/mol. The summed E-state index contributed by atoms with van der Waals surface area (Å²) < 4.78 is 0. The van der Waals surface area contributed by atoms with Crippen molar-refractivity contribution >= 4 is 33.3 Å². The number of thiophene rings is 1. The maximum Gasteiger partial charge on any atom is 0.226 e. The summed E-state index contributed by atoms with van der Waals surface area (Å²) in [4.78, 5) is 12.5. The van der Waals surface area contributed by atoms with Crippen molar-refractivity contribution < 1.29 is 5.11 Å². The average molecular weight is 308 g/mol. The van der Waals surface area contributed by atoms with Gasteiger partial charge in [0, 0.05) is 19.1 Å². The van der Waals surface area contributed by atoms with Gasteiger partial charge in [-0.1, -0.05) is 13.8 Å². The summed E-state index contributed by atoms with van der Waals surface area (Å²) in [5.41, 5.74) is 0. The fraction of sp³-hybridized carbons (Fsp3) is 0.600. The first-order valence-corrected chi connectivity index (χ1v) is 8.49. The molecule has 0 saturated carbocycles. The standard InChI is InChI=1S/C15H24N4OS/c1-4-11(5-2)19(8-9-20)13-12-7-10-21-14(12)18-15(17-13)16-6-3/h7,10-11,20H,4-6,8-9H2,1-3H3,(H,16,17,18). The zero-order valence-corrected chi connectivity index (χ0v) is 13.8. The minimum Gasteiger partial charge on any atom is -0.395 e. The molecule has 2 aromatic rings. The molecule has 0 unspecified atom stereocenters. The predicted molar refractivity (Wildman–Crippen MR) is 90.4 cm³/mol. The second kappa shape index (κ2) is 7.56. The molecule has 0 bridgehead atoms. The summed E-state index contributed by atoms with van der Waals surface area (Å²) in [6.45, 7) is 7.91. The van der Waals surface area contributed by atoms with Gasteiger partial charge in [0.25, 0.3) is 0 Å². The van der Waals surface area contributed by atoms with E-state index in [0.29, 0.717) is 18.5 Å². The van der Waals surface area contributed by atoms with Crippen LogP contribution in [0, 0.1) is 0 Å². The molecule has 6 heteroatoms. The third kappa shape index (κ3) is 3.44. The third-order valence-electron chi connectivity index (χ3n) is 3.64. The highest BCUT2D eigenvalue weighted by molar-refractivity contribution is 7.16. The largest absolute Gasteiger partial charge is 0.395 e. The Morgan fingerprint density at radius 3 is 2.67 bits per heavy atom. The summed E-state index contributed by atoms with van der Waals surface area (Å²) >= 11 is 1.62. The minimum atomic E-state index is 0.128. The van der Waals surface area contributed by atoms with Crippen molar-refractivity contribution in [3.63, 3.8) is 0 Å². The number of aromatic nitrogens is 2. The molecule has 2 heterocycles. The van der Waals surface area contributed by atoms with Gasteiger partial charge in [0.1, 0.15) is 10.6 Å². The van der Waals surface area contributed by atoms with Gasteiger partial charge in [0.15, 0.2) is 0 Å². The Hall–Kier alpha value is -1.40. The lowest BCUT2D eigenvalue weighted by Gasteiger charge is -2.31. The average Bonchev–Trinajstić information content (AvgIpc) is 2.95. The van der Waals surface area contributed by atoms with E-state index < -0.39 is 0 Å². The Morgan fingerprint density at radius 2 is 2.05 bits per heavy atom. The second-order valence-corrected chi connectivity index (χ2v) is 5.82. The van der Waals surface area contributed by atoms with Crippen LogP contribution in [0.15, 0.2) is 11.4 Å². The maximum absolute atomic E-state index is 9.44. The van der Waals surface area contributed by atoms with E-state index in [1.165, 1.54) is 0 Å². The third-order valence-corrected chi connectivity index (χ3v) is 4.44. The molecular formula is C15H24N4OS. The molecule has 2 rings (SSSR count). The summed E-state index contributed by atoms with van der Waals surface area (Å²) in [5.74, 6) is 1.59. The second-order valence-electron chi connectivity index (χ2n) is 4.93. The highest BCUT2D eigenvalue weighted by atomic mass is 32.1. The summed E-state index contributed by atoms with van der Waals surface area (Å²) in [6.07, 6.45) is 2.06. The highest BCUT2D eigenvalue weighted by Gasteiger charge is 2.20. The van der Waals surface area contributed by atoms with Crippen LogP contribution in [0.5, 0.6) is 0 Å². The number of aliphatic hydroxyl groups is 1.